The van der Waals surface area contributed by atoms with E-state index < -0.39 is 6.10 Å². The molecule has 3 nitrogen and oxygen atoms in total. The van der Waals surface area contributed by atoms with Crippen LogP contribution in [0.4, 0.5) is 0 Å². The summed E-state index contributed by atoms with van der Waals surface area (Å²) in [6, 6.07) is 10.1. The average Bonchev–Trinajstić information content (AvgIpc) is 2.39. The van der Waals surface area contributed by atoms with Gasteiger partial charge in [-0.05, 0) is 22.6 Å². The Balaban J connectivity index is 2.08. The third-order valence-corrected chi connectivity index (χ3v) is 3.13. The maximum Gasteiger partial charge on any atom is 0.157 e. The lowest BCUT2D eigenvalue weighted by Crippen LogP contribution is -2.11. The quantitative estimate of drug-likeness (QED) is 0.918. The third kappa shape index (κ3) is 3.61. The molecule has 0 saturated carbocycles. The van der Waals surface area contributed by atoms with Gasteiger partial charge in [0, 0.05) is 18.8 Å². The maximum atomic E-state index is 10.1. The van der Waals surface area contributed by atoms with Crippen molar-refractivity contribution in [1.29, 1.82) is 0 Å². The predicted octanol–water partition coefficient (Wildman–Crippen LogP) is 3.05. The predicted molar refractivity (Wildman–Crippen MR) is 75.8 cm³/mol. The lowest BCUT2D eigenvalue weighted by Gasteiger charge is -2.19. The second kappa shape index (κ2) is 5.49. The number of hydrogen-bond donors (Lipinski definition) is 1. The summed E-state index contributed by atoms with van der Waals surface area (Å²) in [6.07, 6.45) is 3.18. The van der Waals surface area contributed by atoms with Crippen molar-refractivity contribution >= 4 is 0 Å². The van der Waals surface area contributed by atoms with Crippen LogP contribution in [-0.2, 0) is 11.8 Å². The molecule has 1 aromatic heterocycles. The first kappa shape index (κ1) is 13.7. The molecule has 0 spiro atoms. The van der Waals surface area contributed by atoms with Crippen molar-refractivity contribution in [1.82, 2.24) is 9.97 Å². The van der Waals surface area contributed by atoms with Crippen molar-refractivity contribution in [2.24, 2.45) is 0 Å². The van der Waals surface area contributed by atoms with E-state index in [9.17, 15) is 5.11 Å². The summed E-state index contributed by atoms with van der Waals surface area (Å²) < 4.78 is 0. The van der Waals surface area contributed by atoms with Gasteiger partial charge in [-0.1, -0.05) is 45.0 Å². The number of nitrogens with zero attached hydrogens (tertiary/aromatic N) is 2. The lowest BCUT2D eigenvalue weighted by atomic mass is 9.86. The molecule has 0 saturated heterocycles. The minimum atomic E-state index is -0.651. The largest absolute Gasteiger partial charge is 0.385 e. The molecule has 3 heteroatoms. The second-order valence-corrected chi connectivity index (χ2v) is 5.77. The Kier molecular flexibility index (Phi) is 3.96. The molecular formula is C16H20N2O. The zero-order chi connectivity index (χ0) is 13.9. The number of rotatable bonds is 3. The fourth-order valence-corrected chi connectivity index (χ4v) is 1.94. The van der Waals surface area contributed by atoms with Gasteiger partial charge in [-0.2, -0.15) is 0 Å². The van der Waals surface area contributed by atoms with Gasteiger partial charge in [-0.25, -0.2) is 9.97 Å². The summed E-state index contributed by atoms with van der Waals surface area (Å²) in [5, 5.41) is 10.1. The normalized spacial score (nSPS) is 13.3. The molecule has 1 N–H and O–H groups in total. The molecule has 0 aliphatic rings. The molecule has 2 aromatic rings. The van der Waals surface area contributed by atoms with Crippen LogP contribution in [0.3, 0.4) is 0 Å². The Morgan fingerprint density at radius 2 is 1.63 bits per heavy atom. The van der Waals surface area contributed by atoms with Gasteiger partial charge in [0.2, 0.25) is 0 Å². The Morgan fingerprint density at radius 1 is 1.05 bits per heavy atom. The third-order valence-electron chi connectivity index (χ3n) is 3.13. The van der Waals surface area contributed by atoms with Crippen LogP contribution in [0.5, 0.6) is 0 Å². The molecular weight excluding hydrogens is 236 g/mol. The molecule has 1 heterocycles. The summed E-state index contributed by atoms with van der Waals surface area (Å²) in [5.41, 5.74) is 2.54. The Hall–Kier alpha value is -1.74. The van der Waals surface area contributed by atoms with Crippen LogP contribution in [0.1, 0.15) is 43.8 Å². The highest BCUT2D eigenvalue weighted by Gasteiger charge is 2.14. The van der Waals surface area contributed by atoms with Crippen molar-refractivity contribution in [3.05, 3.63) is 59.7 Å². The van der Waals surface area contributed by atoms with Gasteiger partial charge in [0.25, 0.3) is 0 Å². The molecule has 0 radical (unpaired) electrons. The van der Waals surface area contributed by atoms with E-state index in [0.717, 1.165) is 5.56 Å². The number of benzene rings is 1. The molecule has 2 rings (SSSR count). The van der Waals surface area contributed by atoms with Crippen molar-refractivity contribution in [3.63, 3.8) is 0 Å². The second-order valence-electron chi connectivity index (χ2n) is 5.77. The number of hydrogen-bond acceptors (Lipinski definition) is 3. The van der Waals surface area contributed by atoms with E-state index in [4.69, 9.17) is 0 Å². The van der Waals surface area contributed by atoms with Crippen LogP contribution in [0, 0.1) is 0 Å². The van der Waals surface area contributed by atoms with E-state index >= 15 is 0 Å². The van der Waals surface area contributed by atoms with Gasteiger partial charge in [0.1, 0.15) is 6.10 Å². The number of aliphatic hydroxyl groups excluding tert-OH is 1. The zero-order valence-corrected chi connectivity index (χ0v) is 11.7. The minimum Gasteiger partial charge on any atom is -0.385 e. The van der Waals surface area contributed by atoms with Gasteiger partial charge in [-0.3, -0.25) is 0 Å². The van der Waals surface area contributed by atoms with E-state index in [1.807, 2.05) is 0 Å². The first-order chi connectivity index (χ1) is 8.97. The highest BCUT2D eigenvalue weighted by molar-refractivity contribution is 5.28. The first-order valence-corrected chi connectivity index (χ1v) is 6.51. The van der Waals surface area contributed by atoms with Crippen LogP contribution >= 0.6 is 0 Å². The van der Waals surface area contributed by atoms with E-state index in [1.165, 1.54) is 5.56 Å². The Labute approximate surface area is 114 Å². The molecule has 0 fully saturated rings. The molecule has 0 amide bonds. The Bertz CT molecular complexity index is 515. The first-order valence-electron chi connectivity index (χ1n) is 6.51. The molecule has 1 atom stereocenters. The summed E-state index contributed by atoms with van der Waals surface area (Å²) >= 11 is 0. The standard InChI is InChI=1S/C16H20N2O/c1-16(2,3)13-7-5-12(6-8-13)11-14(19)15-17-9-4-10-18-15/h4-10,14,19H,11H2,1-3H3. The monoisotopic (exact) mass is 256 g/mol. The van der Waals surface area contributed by atoms with Crippen LogP contribution < -0.4 is 0 Å². The van der Waals surface area contributed by atoms with Crippen molar-refractivity contribution in [2.45, 2.75) is 38.7 Å². The SMILES string of the molecule is CC(C)(C)c1ccc(CC(O)c2ncccn2)cc1. The van der Waals surface area contributed by atoms with E-state index in [0.29, 0.717) is 12.2 Å². The van der Waals surface area contributed by atoms with Gasteiger partial charge >= 0.3 is 0 Å². The van der Waals surface area contributed by atoms with Gasteiger partial charge in [0.05, 0.1) is 0 Å². The van der Waals surface area contributed by atoms with Crippen molar-refractivity contribution < 1.29 is 5.11 Å². The summed E-state index contributed by atoms with van der Waals surface area (Å²) in [5.74, 6) is 0.474. The Morgan fingerprint density at radius 3 is 2.16 bits per heavy atom. The molecule has 1 aromatic carbocycles. The van der Waals surface area contributed by atoms with Crippen LogP contribution in [0.2, 0.25) is 0 Å². The molecule has 100 valence electrons. The smallest absolute Gasteiger partial charge is 0.157 e. The molecule has 19 heavy (non-hydrogen) atoms. The van der Waals surface area contributed by atoms with E-state index in [1.54, 1.807) is 18.5 Å². The highest BCUT2D eigenvalue weighted by Crippen LogP contribution is 2.23. The fraction of sp³-hybridized carbons (Fsp3) is 0.375. The zero-order valence-electron chi connectivity index (χ0n) is 11.7. The summed E-state index contributed by atoms with van der Waals surface area (Å²) in [4.78, 5) is 8.14. The summed E-state index contributed by atoms with van der Waals surface area (Å²) in [7, 11) is 0. The lowest BCUT2D eigenvalue weighted by molar-refractivity contribution is 0.168. The highest BCUT2D eigenvalue weighted by atomic mass is 16.3. The van der Waals surface area contributed by atoms with Gasteiger partial charge in [-0.15, -0.1) is 0 Å². The molecule has 0 bridgehead atoms. The maximum absolute atomic E-state index is 10.1. The van der Waals surface area contributed by atoms with E-state index in [-0.39, 0.29) is 5.41 Å². The van der Waals surface area contributed by atoms with Crippen LogP contribution in [-0.4, -0.2) is 15.1 Å². The van der Waals surface area contributed by atoms with Crippen molar-refractivity contribution in [3.8, 4) is 0 Å². The van der Waals surface area contributed by atoms with Crippen molar-refractivity contribution in [2.75, 3.05) is 0 Å². The van der Waals surface area contributed by atoms with Gasteiger partial charge in [0.15, 0.2) is 5.82 Å². The van der Waals surface area contributed by atoms with Crippen LogP contribution in [0.25, 0.3) is 0 Å². The molecule has 0 aliphatic heterocycles. The average molecular weight is 256 g/mol. The molecule has 0 aliphatic carbocycles. The molecule has 1 unspecified atom stereocenters. The number of aromatic nitrogens is 2. The summed E-state index contributed by atoms with van der Waals surface area (Å²) in [6.45, 7) is 6.57. The number of aliphatic hydroxyl groups is 1. The minimum absolute atomic E-state index is 0.152. The van der Waals surface area contributed by atoms with Gasteiger partial charge < -0.3 is 5.11 Å². The van der Waals surface area contributed by atoms with E-state index in [2.05, 4.69) is 55.0 Å². The topological polar surface area (TPSA) is 46.0 Å². The van der Waals surface area contributed by atoms with Crippen LogP contribution in [0.15, 0.2) is 42.7 Å². The fourth-order valence-electron chi connectivity index (χ4n) is 1.94.